The van der Waals surface area contributed by atoms with Crippen LogP contribution in [0.4, 0.5) is 0 Å². The third-order valence-corrected chi connectivity index (χ3v) is 2.62. The minimum absolute atomic E-state index is 0.0148. The Balaban J connectivity index is 2.06. The Kier molecular flexibility index (Phi) is 3.55. The summed E-state index contributed by atoms with van der Waals surface area (Å²) in [6, 6.07) is 1.92. The number of rotatable bonds is 4. The van der Waals surface area contributed by atoms with E-state index in [1.165, 1.54) is 0 Å². The largest absolute Gasteiger partial charge is 0.358 e. The molecule has 1 aromatic heterocycles. The van der Waals surface area contributed by atoms with E-state index in [1.807, 2.05) is 6.07 Å². The number of amides is 2. The van der Waals surface area contributed by atoms with Crippen molar-refractivity contribution in [2.45, 2.75) is 20.3 Å². The summed E-state index contributed by atoms with van der Waals surface area (Å²) in [5.41, 5.74) is 1.00. The highest BCUT2D eigenvalue weighted by atomic mass is 16.7. The van der Waals surface area contributed by atoms with Crippen LogP contribution in [-0.2, 0) is 16.0 Å². The standard InChI is InChI=1S/C12H17N3O3/c1-8(2)5-9-3-4-13-12(9)18-15-7-10(16)14-6-11(15)17/h3-4,8,13H,5-7H2,1-2H3,(H,14,16). The van der Waals surface area contributed by atoms with E-state index in [-0.39, 0.29) is 24.9 Å². The Morgan fingerprint density at radius 3 is 2.94 bits per heavy atom. The number of aromatic amines is 1. The summed E-state index contributed by atoms with van der Waals surface area (Å²) in [7, 11) is 0. The Bertz CT molecular complexity index is 453. The van der Waals surface area contributed by atoms with Crippen LogP contribution >= 0.6 is 0 Å². The lowest BCUT2D eigenvalue weighted by Gasteiger charge is -2.25. The van der Waals surface area contributed by atoms with E-state index in [0.717, 1.165) is 17.0 Å². The van der Waals surface area contributed by atoms with Crippen molar-refractivity contribution in [2.75, 3.05) is 13.1 Å². The van der Waals surface area contributed by atoms with Crippen molar-refractivity contribution in [3.63, 3.8) is 0 Å². The van der Waals surface area contributed by atoms with Crippen LogP contribution in [0.3, 0.4) is 0 Å². The number of hydrogen-bond acceptors (Lipinski definition) is 3. The molecule has 98 valence electrons. The maximum Gasteiger partial charge on any atom is 0.275 e. The average Bonchev–Trinajstić information content (AvgIpc) is 2.70. The quantitative estimate of drug-likeness (QED) is 0.816. The van der Waals surface area contributed by atoms with E-state index >= 15 is 0 Å². The van der Waals surface area contributed by atoms with Crippen LogP contribution in [-0.4, -0.2) is 35.0 Å². The smallest absolute Gasteiger partial charge is 0.275 e. The molecule has 18 heavy (non-hydrogen) atoms. The van der Waals surface area contributed by atoms with Crippen LogP contribution in [0.1, 0.15) is 19.4 Å². The van der Waals surface area contributed by atoms with E-state index < -0.39 is 0 Å². The number of carbonyl (C=O) groups is 2. The van der Waals surface area contributed by atoms with Gasteiger partial charge in [0, 0.05) is 11.8 Å². The van der Waals surface area contributed by atoms with Gasteiger partial charge < -0.3 is 15.1 Å². The van der Waals surface area contributed by atoms with Crippen molar-refractivity contribution >= 4 is 11.8 Å². The number of nitrogens with zero attached hydrogens (tertiary/aromatic N) is 1. The molecule has 2 rings (SSSR count). The molecule has 0 unspecified atom stereocenters. The van der Waals surface area contributed by atoms with Gasteiger partial charge in [0.25, 0.3) is 5.91 Å². The Morgan fingerprint density at radius 1 is 1.44 bits per heavy atom. The minimum Gasteiger partial charge on any atom is -0.358 e. The maximum absolute atomic E-state index is 11.6. The van der Waals surface area contributed by atoms with Crippen LogP contribution in [0.5, 0.6) is 5.88 Å². The number of nitrogens with one attached hydrogen (secondary N) is 2. The Labute approximate surface area is 105 Å². The number of H-pyrrole nitrogens is 1. The van der Waals surface area contributed by atoms with Crippen molar-refractivity contribution in [2.24, 2.45) is 5.92 Å². The van der Waals surface area contributed by atoms with E-state index in [2.05, 4.69) is 24.1 Å². The first-order valence-corrected chi connectivity index (χ1v) is 5.97. The molecule has 0 radical (unpaired) electrons. The molecule has 0 spiro atoms. The van der Waals surface area contributed by atoms with E-state index in [4.69, 9.17) is 4.84 Å². The second-order valence-electron chi connectivity index (χ2n) is 4.73. The molecule has 6 heteroatoms. The Hall–Kier alpha value is -1.98. The van der Waals surface area contributed by atoms with Crippen molar-refractivity contribution in [3.05, 3.63) is 17.8 Å². The van der Waals surface area contributed by atoms with Crippen molar-refractivity contribution in [1.82, 2.24) is 15.4 Å². The van der Waals surface area contributed by atoms with Crippen LogP contribution in [0.15, 0.2) is 12.3 Å². The third kappa shape index (κ3) is 2.82. The predicted octanol–water partition coefficient (Wildman–Crippen LogP) is 0.465. The molecular formula is C12H17N3O3. The fraction of sp³-hybridized carbons (Fsp3) is 0.500. The van der Waals surface area contributed by atoms with Crippen LogP contribution < -0.4 is 10.2 Å². The molecule has 1 aliphatic rings. The average molecular weight is 251 g/mol. The first kappa shape index (κ1) is 12.5. The second-order valence-corrected chi connectivity index (χ2v) is 4.73. The molecule has 1 saturated heterocycles. The van der Waals surface area contributed by atoms with Crippen molar-refractivity contribution in [3.8, 4) is 5.88 Å². The van der Waals surface area contributed by atoms with Gasteiger partial charge in [0.15, 0.2) is 0 Å². The summed E-state index contributed by atoms with van der Waals surface area (Å²) in [6.45, 7) is 4.13. The first-order chi connectivity index (χ1) is 8.56. The van der Waals surface area contributed by atoms with Gasteiger partial charge >= 0.3 is 0 Å². The van der Waals surface area contributed by atoms with E-state index in [9.17, 15) is 9.59 Å². The number of aromatic nitrogens is 1. The number of hydrogen-bond donors (Lipinski definition) is 2. The first-order valence-electron chi connectivity index (χ1n) is 5.97. The minimum atomic E-state index is -0.250. The van der Waals surface area contributed by atoms with Gasteiger partial charge in [0.05, 0.1) is 6.54 Å². The highest BCUT2D eigenvalue weighted by Gasteiger charge is 2.26. The molecule has 1 fully saturated rings. The van der Waals surface area contributed by atoms with Gasteiger partial charge in [-0.3, -0.25) is 9.59 Å². The van der Waals surface area contributed by atoms with Gasteiger partial charge in [0.2, 0.25) is 11.8 Å². The predicted molar refractivity (Wildman–Crippen MR) is 64.7 cm³/mol. The molecular weight excluding hydrogens is 234 g/mol. The lowest BCUT2D eigenvalue weighted by molar-refractivity contribution is -0.166. The summed E-state index contributed by atoms with van der Waals surface area (Å²) in [4.78, 5) is 31.2. The molecule has 0 saturated carbocycles. The fourth-order valence-corrected chi connectivity index (χ4v) is 1.80. The topological polar surface area (TPSA) is 74.4 Å². The Morgan fingerprint density at radius 2 is 2.22 bits per heavy atom. The second kappa shape index (κ2) is 5.12. The van der Waals surface area contributed by atoms with E-state index in [1.54, 1.807) is 6.20 Å². The van der Waals surface area contributed by atoms with Gasteiger partial charge in [-0.2, -0.15) is 5.06 Å². The van der Waals surface area contributed by atoms with Crippen molar-refractivity contribution in [1.29, 1.82) is 0 Å². The zero-order chi connectivity index (χ0) is 13.1. The molecule has 0 aliphatic carbocycles. The molecule has 0 aromatic carbocycles. The molecule has 2 N–H and O–H groups in total. The zero-order valence-electron chi connectivity index (χ0n) is 10.5. The van der Waals surface area contributed by atoms with Crippen molar-refractivity contribution < 1.29 is 14.4 Å². The molecule has 1 aromatic rings. The van der Waals surface area contributed by atoms with Crippen LogP contribution in [0.25, 0.3) is 0 Å². The molecule has 6 nitrogen and oxygen atoms in total. The van der Waals surface area contributed by atoms with Gasteiger partial charge in [-0.1, -0.05) is 13.8 Å². The molecule has 1 aliphatic heterocycles. The number of piperazine rings is 1. The van der Waals surface area contributed by atoms with Gasteiger partial charge in [-0.15, -0.1) is 0 Å². The zero-order valence-corrected chi connectivity index (χ0v) is 10.5. The van der Waals surface area contributed by atoms with Gasteiger partial charge in [0.1, 0.15) is 6.54 Å². The summed E-state index contributed by atoms with van der Waals surface area (Å²) in [5.74, 6) is 0.557. The van der Waals surface area contributed by atoms with Gasteiger partial charge in [-0.05, 0) is 18.4 Å². The highest BCUT2D eigenvalue weighted by Crippen LogP contribution is 2.20. The molecule has 2 amide bonds. The van der Waals surface area contributed by atoms with Crippen LogP contribution in [0, 0.1) is 5.92 Å². The number of carbonyl (C=O) groups excluding carboxylic acids is 2. The normalized spacial score (nSPS) is 16.1. The fourth-order valence-electron chi connectivity index (χ4n) is 1.80. The third-order valence-electron chi connectivity index (χ3n) is 2.62. The monoisotopic (exact) mass is 251 g/mol. The molecule has 0 bridgehead atoms. The molecule has 0 atom stereocenters. The SMILES string of the molecule is CC(C)Cc1cc[nH]c1ON1CC(=O)NCC1=O. The van der Waals surface area contributed by atoms with Gasteiger partial charge in [-0.25, -0.2) is 0 Å². The molecule has 2 heterocycles. The van der Waals surface area contributed by atoms with E-state index in [0.29, 0.717) is 11.8 Å². The summed E-state index contributed by atoms with van der Waals surface area (Å²) < 4.78 is 0. The lowest BCUT2D eigenvalue weighted by atomic mass is 10.1. The summed E-state index contributed by atoms with van der Waals surface area (Å²) >= 11 is 0. The maximum atomic E-state index is 11.6. The number of hydroxylamine groups is 2. The van der Waals surface area contributed by atoms with Crippen LogP contribution in [0.2, 0.25) is 0 Å². The highest BCUT2D eigenvalue weighted by molar-refractivity contribution is 5.91. The summed E-state index contributed by atoms with van der Waals surface area (Å²) in [5, 5.41) is 3.56. The summed E-state index contributed by atoms with van der Waals surface area (Å²) in [6.07, 6.45) is 2.62. The lowest BCUT2D eigenvalue weighted by Crippen LogP contribution is -2.52.